The van der Waals surface area contributed by atoms with Crippen molar-refractivity contribution in [1.29, 1.82) is 0 Å². The van der Waals surface area contributed by atoms with E-state index in [0.717, 1.165) is 50.1 Å². The molecular formula is C22H31IN4O2. The SMILES string of the molecule is CCNC(=NCc1ccccc1OC)NCc1ccccc1N1CCOCC1.I. The van der Waals surface area contributed by atoms with Gasteiger partial charge >= 0.3 is 0 Å². The molecule has 0 unspecified atom stereocenters. The van der Waals surface area contributed by atoms with Crippen molar-refractivity contribution < 1.29 is 9.47 Å². The predicted octanol–water partition coefficient (Wildman–Crippen LogP) is 3.41. The molecule has 1 fully saturated rings. The number of methoxy groups -OCH3 is 1. The third kappa shape index (κ3) is 6.78. The number of aliphatic imine (C=N–C) groups is 1. The molecule has 7 heteroatoms. The van der Waals surface area contributed by atoms with E-state index < -0.39 is 0 Å². The topological polar surface area (TPSA) is 58.1 Å². The van der Waals surface area contributed by atoms with Crippen molar-refractivity contribution in [2.24, 2.45) is 4.99 Å². The van der Waals surface area contributed by atoms with E-state index in [1.807, 2.05) is 24.3 Å². The van der Waals surface area contributed by atoms with E-state index in [-0.39, 0.29) is 24.0 Å². The number of halogens is 1. The number of guanidine groups is 1. The largest absolute Gasteiger partial charge is 0.496 e. The normalized spacial score (nSPS) is 14.1. The van der Waals surface area contributed by atoms with Crippen LogP contribution in [0, 0.1) is 0 Å². The maximum Gasteiger partial charge on any atom is 0.191 e. The third-order valence-corrected chi connectivity index (χ3v) is 4.73. The molecule has 6 nitrogen and oxygen atoms in total. The van der Waals surface area contributed by atoms with Crippen LogP contribution in [0.15, 0.2) is 53.5 Å². The molecule has 0 saturated carbocycles. The van der Waals surface area contributed by atoms with Crippen molar-refractivity contribution in [2.75, 3.05) is 44.9 Å². The zero-order valence-electron chi connectivity index (χ0n) is 17.2. The van der Waals surface area contributed by atoms with Crippen LogP contribution in [-0.2, 0) is 17.8 Å². The molecule has 1 aliphatic rings. The minimum Gasteiger partial charge on any atom is -0.496 e. The van der Waals surface area contributed by atoms with Crippen molar-refractivity contribution in [1.82, 2.24) is 10.6 Å². The van der Waals surface area contributed by atoms with E-state index in [9.17, 15) is 0 Å². The number of nitrogens with zero attached hydrogens (tertiary/aromatic N) is 2. The van der Waals surface area contributed by atoms with Crippen molar-refractivity contribution in [3.05, 3.63) is 59.7 Å². The van der Waals surface area contributed by atoms with E-state index in [1.54, 1.807) is 7.11 Å². The van der Waals surface area contributed by atoms with Crippen molar-refractivity contribution in [2.45, 2.75) is 20.0 Å². The number of morpholine rings is 1. The summed E-state index contributed by atoms with van der Waals surface area (Å²) in [4.78, 5) is 7.12. The summed E-state index contributed by atoms with van der Waals surface area (Å²) < 4.78 is 10.9. The number of nitrogens with one attached hydrogen (secondary N) is 2. The first-order chi connectivity index (χ1) is 13.8. The molecule has 0 aromatic heterocycles. The molecule has 0 spiro atoms. The minimum absolute atomic E-state index is 0. The maximum absolute atomic E-state index is 5.49. The lowest BCUT2D eigenvalue weighted by molar-refractivity contribution is 0.122. The van der Waals surface area contributed by atoms with Gasteiger partial charge in [-0.15, -0.1) is 24.0 Å². The maximum atomic E-state index is 5.49. The molecule has 0 bridgehead atoms. The van der Waals surface area contributed by atoms with Crippen LogP contribution in [0.4, 0.5) is 5.69 Å². The number of hydrogen-bond donors (Lipinski definition) is 2. The summed E-state index contributed by atoms with van der Waals surface area (Å²) in [7, 11) is 1.69. The van der Waals surface area contributed by atoms with Crippen LogP contribution in [-0.4, -0.2) is 45.9 Å². The van der Waals surface area contributed by atoms with Crippen molar-refractivity contribution >= 4 is 35.6 Å². The number of benzene rings is 2. The van der Waals surface area contributed by atoms with Gasteiger partial charge in [-0.25, -0.2) is 4.99 Å². The van der Waals surface area contributed by atoms with Gasteiger partial charge in [0.2, 0.25) is 0 Å². The van der Waals surface area contributed by atoms with Crippen LogP contribution in [0.25, 0.3) is 0 Å². The Labute approximate surface area is 190 Å². The third-order valence-electron chi connectivity index (χ3n) is 4.73. The Hall–Kier alpha value is -2.00. The Kier molecular flexibility index (Phi) is 10.1. The summed E-state index contributed by atoms with van der Waals surface area (Å²) in [6.07, 6.45) is 0. The smallest absolute Gasteiger partial charge is 0.191 e. The first-order valence-electron chi connectivity index (χ1n) is 9.86. The second-order valence-corrected chi connectivity index (χ2v) is 6.59. The lowest BCUT2D eigenvalue weighted by Crippen LogP contribution is -2.39. The zero-order chi connectivity index (χ0) is 19.6. The van der Waals surface area contributed by atoms with Gasteiger partial charge in [-0.2, -0.15) is 0 Å². The van der Waals surface area contributed by atoms with E-state index in [0.29, 0.717) is 13.1 Å². The van der Waals surface area contributed by atoms with Gasteiger partial charge in [-0.3, -0.25) is 0 Å². The predicted molar refractivity (Wildman–Crippen MR) is 130 cm³/mol. The number of anilines is 1. The number of para-hydroxylation sites is 2. The number of ether oxygens (including phenoxy) is 2. The van der Waals surface area contributed by atoms with Crippen LogP contribution in [0.1, 0.15) is 18.1 Å². The van der Waals surface area contributed by atoms with Gasteiger partial charge in [0.1, 0.15) is 5.75 Å². The molecule has 1 heterocycles. The summed E-state index contributed by atoms with van der Waals surface area (Å²) in [6.45, 7) is 7.58. The van der Waals surface area contributed by atoms with E-state index in [2.05, 4.69) is 46.7 Å². The lowest BCUT2D eigenvalue weighted by Gasteiger charge is -2.30. The monoisotopic (exact) mass is 510 g/mol. The Bertz CT molecular complexity index is 779. The minimum atomic E-state index is 0. The highest BCUT2D eigenvalue weighted by molar-refractivity contribution is 14.0. The molecule has 3 rings (SSSR count). The molecule has 1 saturated heterocycles. The fourth-order valence-corrected chi connectivity index (χ4v) is 3.29. The fourth-order valence-electron chi connectivity index (χ4n) is 3.29. The molecule has 2 N–H and O–H groups in total. The number of hydrogen-bond acceptors (Lipinski definition) is 4. The average molecular weight is 510 g/mol. The van der Waals surface area contributed by atoms with Gasteiger partial charge < -0.3 is 25.0 Å². The quantitative estimate of drug-likeness (QED) is 0.340. The molecule has 2 aromatic carbocycles. The molecular weight excluding hydrogens is 479 g/mol. The first-order valence-corrected chi connectivity index (χ1v) is 9.86. The van der Waals surface area contributed by atoms with Crippen LogP contribution in [0.2, 0.25) is 0 Å². The lowest BCUT2D eigenvalue weighted by atomic mass is 10.1. The van der Waals surface area contributed by atoms with E-state index in [1.165, 1.54) is 11.3 Å². The van der Waals surface area contributed by atoms with Gasteiger partial charge in [0.15, 0.2) is 5.96 Å². The van der Waals surface area contributed by atoms with Gasteiger partial charge in [0.25, 0.3) is 0 Å². The summed E-state index contributed by atoms with van der Waals surface area (Å²) in [5, 5.41) is 6.79. The van der Waals surface area contributed by atoms with Gasteiger partial charge in [0, 0.05) is 37.4 Å². The second kappa shape index (κ2) is 12.5. The first kappa shape index (κ1) is 23.3. The summed E-state index contributed by atoms with van der Waals surface area (Å²) in [5.41, 5.74) is 3.59. The van der Waals surface area contributed by atoms with Crippen LogP contribution in [0.3, 0.4) is 0 Å². The van der Waals surface area contributed by atoms with Crippen molar-refractivity contribution in [3.63, 3.8) is 0 Å². The van der Waals surface area contributed by atoms with Gasteiger partial charge in [-0.1, -0.05) is 36.4 Å². The molecule has 158 valence electrons. The molecule has 2 aromatic rings. The number of rotatable bonds is 7. The second-order valence-electron chi connectivity index (χ2n) is 6.59. The summed E-state index contributed by atoms with van der Waals surface area (Å²) >= 11 is 0. The molecule has 1 aliphatic heterocycles. The Morgan fingerprint density at radius 3 is 2.45 bits per heavy atom. The average Bonchev–Trinajstić information content (AvgIpc) is 2.76. The molecule has 0 radical (unpaired) electrons. The fraction of sp³-hybridized carbons (Fsp3) is 0.409. The van der Waals surface area contributed by atoms with Crippen LogP contribution in [0.5, 0.6) is 5.75 Å². The zero-order valence-corrected chi connectivity index (χ0v) is 19.5. The Morgan fingerprint density at radius 1 is 1.03 bits per heavy atom. The van der Waals surface area contributed by atoms with Crippen LogP contribution < -0.4 is 20.3 Å². The molecule has 0 aliphatic carbocycles. The van der Waals surface area contributed by atoms with E-state index in [4.69, 9.17) is 14.5 Å². The van der Waals surface area contributed by atoms with Crippen molar-refractivity contribution in [3.8, 4) is 5.75 Å². The highest BCUT2D eigenvalue weighted by Gasteiger charge is 2.14. The Balaban J connectivity index is 0.00000300. The van der Waals surface area contributed by atoms with Gasteiger partial charge in [-0.05, 0) is 24.6 Å². The molecule has 0 atom stereocenters. The van der Waals surface area contributed by atoms with Crippen LogP contribution >= 0.6 is 24.0 Å². The Morgan fingerprint density at radius 2 is 1.72 bits per heavy atom. The molecule has 0 amide bonds. The van der Waals surface area contributed by atoms with E-state index >= 15 is 0 Å². The highest BCUT2D eigenvalue weighted by Crippen LogP contribution is 2.21. The standard InChI is InChI=1S/C22H30N4O2.HI/c1-3-23-22(25-17-19-9-5-7-11-21(19)27-2)24-16-18-8-4-6-10-20(18)26-12-14-28-15-13-26;/h4-11H,3,12-17H2,1-2H3,(H2,23,24,25);1H. The molecule has 29 heavy (non-hydrogen) atoms. The summed E-state index contributed by atoms with van der Waals surface area (Å²) in [6, 6.07) is 16.5. The van der Waals surface area contributed by atoms with Gasteiger partial charge in [0.05, 0.1) is 26.9 Å². The summed E-state index contributed by atoms with van der Waals surface area (Å²) in [5.74, 6) is 1.66. The highest BCUT2D eigenvalue weighted by atomic mass is 127.